The molecule has 1 aromatic carbocycles. The van der Waals surface area contributed by atoms with E-state index in [0.717, 1.165) is 13.1 Å². The maximum absolute atomic E-state index is 3.22. The molecule has 0 amide bonds. The molecule has 2 nitrogen and oxygen atoms in total. The van der Waals surface area contributed by atoms with Crippen molar-refractivity contribution in [3.63, 3.8) is 0 Å². The predicted octanol–water partition coefficient (Wildman–Crippen LogP) is 2.64. The topological polar surface area (TPSA) is 15.3 Å². The molecule has 0 saturated heterocycles. The molecule has 84 valence electrons. The highest BCUT2D eigenvalue weighted by Gasteiger charge is 2.11. The van der Waals surface area contributed by atoms with Gasteiger partial charge in [0.15, 0.2) is 0 Å². The number of benzene rings is 1. The number of hydrogen-bond donors (Lipinski definition) is 1. The lowest BCUT2D eigenvalue weighted by atomic mass is 10.1. The van der Waals surface area contributed by atoms with Gasteiger partial charge in [0.25, 0.3) is 0 Å². The summed E-state index contributed by atoms with van der Waals surface area (Å²) in [4.78, 5) is 2.42. The summed E-state index contributed by atoms with van der Waals surface area (Å²) in [5, 5.41) is 3.22. The lowest BCUT2D eigenvalue weighted by Crippen LogP contribution is -2.31. The van der Waals surface area contributed by atoms with Crippen LogP contribution in [0.3, 0.4) is 0 Å². The van der Waals surface area contributed by atoms with Gasteiger partial charge in [-0.2, -0.15) is 0 Å². The summed E-state index contributed by atoms with van der Waals surface area (Å²) in [7, 11) is 1.99. The fourth-order valence-corrected chi connectivity index (χ4v) is 1.94. The highest BCUT2D eigenvalue weighted by molar-refractivity contribution is 5.54. The summed E-state index contributed by atoms with van der Waals surface area (Å²) in [6.07, 6.45) is 0. The maximum Gasteiger partial charge on any atom is 0.0414 e. The smallest absolute Gasteiger partial charge is 0.0414 e. The van der Waals surface area contributed by atoms with Crippen molar-refractivity contribution in [3.8, 4) is 0 Å². The normalized spacial score (nSPS) is 10.7. The highest BCUT2D eigenvalue weighted by Crippen LogP contribution is 2.21. The minimum absolute atomic E-state index is 0.549. The quantitative estimate of drug-likeness (QED) is 0.796. The first kappa shape index (κ1) is 12.1. The zero-order valence-corrected chi connectivity index (χ0v) is 10.2. The molecule has 0 fully saturated rings. The lowest BCUT2D eigenvalue weighted by molar-refractivity contribution is 0.694. The van der Waals surface area contributed by atoms with Crippen LogP contribution in [-0.2, 0) is 6.54 Å². The van der Waals surface area contributed by atoms with E-state index in [2.05, 4.69) is 55.3 Å². The van der Waals surface area contributed by atoms with Crippen molar-refractivity contribution in [3.05, 3.63) is 29.8 Å². The molecule has 15 heavy (non-hydrogen) atoms. The van der Waals surface area contributed by atoms with Crippen LogP contribution in [0.2, 0.25) is 0 Å². The summed E-state index contributed by atoms with van der Waals surface area (Å²) >= 11 is 0. The molecule has 0 aliphatic heterocycles. The molecule has 0 unspecified atom stereocenters. The molecule has 0 atom stereocenters. The molecule has 0 saturated carbocycles. The number of anilines is 1. The molecule has 0 aromatic heterocycles. The highest BCUT2D eigenvalue weighted by atomic mass is 15.1. The van der Waals surface area contributed by atoms with Crippen LogP contribution in [0.4, 0.5) is 5.69 Å². The Morgan fingerprint density at radius 3 is 2.47 bits per heavy atom. The standard InChI is InChI=1S/C13H22N2/c1-5-15(11(2)3)13-9-7-6-8-12(13)10-14-4/h6-9,11,14H,5,10H2,1-4H3. The third kappa shape index (κ3) is 2.96. The van der Waals surface area contributed by atoms with Crippen LogP contribution in [0.1, 0.15) is 26.3 Å². The van der Waals surface area contributed by atoms with E-state index in [1.54, 1.807) is 0 Å². The molecular formula is C13H22N2. The fourth-order valence-electron chi connectivity index (χ4n) is 1.94. The molecule has 0 radical (unpaired) electrons. The molecule has 1 rings (SSSR count). The molecule has 2 heteroatoms. The molecule has 1 aromatic rings. The summed E-state index contributed by atoms with van der Waals surface area (Å²) in [6, 6.07) is 9.16. The van der Waals surface area contributed by atoms with E-state index >= 15 is 0 Å². The van der Waals surface area contributed by atoms with Gasteiger partial charge in [-0.05, 0) is 39.4 Å². The Bertz CT molecular complexity index is 294. The Kier molecular flexibility index (Phi) is 4.63. The van der Waals surface area contributed by atoms with Crippen molar-refractivity contribution in [2.24, 2.45) is 0 Å². The van der Waals surface area contributed by atoms with Gasteiger partial charge in [-0.25, -0.2) is 0 Å². The SMILES string of the molecule is CCN(c1ccccc1CNC)C(C)C. The summed E-state index contributed by atoms with van der Waals surface area (Å²) < 4.78 is 0. The second-order valence-corrected chi connectivity index (χ2v) is 4.04. The molecule has 1 N–H and O–H groups in total. The van der Waals surface area contributed by atoms with Crippen LogP contribution in [0.15, 0.2) is 24.3 Å². The lowest BCUT2D eigenvalue weighted by Gasteiger charge is -2.29. The molecule has 0 aliphatic rings. The average molecular weight is 206 g/mol. The van der Waals surface area contributed by atoms with E-state index in [4.69, 9.17) is 0 Å². The van der Waals surface area contributed by atoms with E-state index in [1.165, 1.54) is 11.3 Å². The van der Waals surface area contributed by atoms with E-state index in [0.29, 0.717) is 6.04 Å². The maximum atomic E-state index is 3.22. The van der Waals surface area contributed by atoms with Crippen LogP contribution in [0.25, 0.3) is 0 Å². The first-order valence-electron chi connectivity index (χ1n) is 5.69. The van der Waals surface area contributed by atoms with Gasteiger partial charge < -0.3 is 10.2 Å². The van der Waals surface area contributed by atoms with E-state index in [1.807, 2.05) is 7.05 Å². The van der Waals surface area contributed by atoms with Gasteiger partial charge >= 0.3 is 0 Å². The van der Waals surface area contributed by atoms with Gasteiger partial charge in [-0.1, -0.05) is 18.2 Å². The average Bonchev–Trinajstić information content (AvgIpc) is 2.21. The monoisotopic (exact) mass is 206 g/mol. The van der Waals surface area contributed by atoms with Crippen molar-refractivity contribution in [2.75, 3.05) is 18.5 Å². The van der Waals surface area contributed by atoms with Gasteiger partial charge in [0.2, 0.25) is 0 Å². The van der Waals surface area contributed by atoms with Gasteiger partial charge in [-0.3, -0.25) is 0 Å². The van der Waals surface area contributed by atoms with Crippen molar-refractivity contribution in [1.82, 2.24) is 5.32 Å². The molecule has 0 aliphatic carbocycles. The summed E-state index contributed by atoms with van der Waals surface area (Å²) in [5.74, 6) is 0. The molecule has 0 spiro atoms. The zero-order valence-electron chi connectivity index (χ0n) is 10.2. The minimum Gasteiger partial charge on any atom is -0.369 e. The largest absolute Gasteiger partial charge is 0.369 e. The number of hydrogen-bond acceptors (Lipinski definition) is 2. The number of rotatable bonds is 5. The Labute approximate surface area is 93.3 Å². The van der Waals surface area contributed by atoms with Gasteiger partial charge in [0, 0.05) is 24.8 Å². The zero-order chi connectivity index (χ0) is 11.3. The predicted molar refractivity (Wildman–Crippen MR) is 67.4 cm³/mol. The van der Waals surface area contributed by atoms with E-state index in [-0.39, 0.29) is 0 Å². The van der Waals surface area contributed by atoms with Crippen LogP contribution in [0, 0.1) is 0 Å². The fraction of sp³-hybridized carbons (Fsp3) is 0.538. The third-order valence-electron chi connectivity index (χ3n) is 2.63. The molecule has 0 bridgehead atoms. The van der Waals surface area contributed by atoms with E-state index in [9.17, 15) is 0 Å². The van der Waals surface area contributed by atoms with Crippen LogP contribution < -0.4 is 10.2 Å². The molecular weight excluding hydrogens is 184 g/mol. The van der Waals surface area contributed by atoms with Crippen molar-refractivity contribution < 1.29 is 0 Å². The summed E-state index contributed by atoms with van der Waals surface area (Å²) in [5.41, 5.74) is 2.72. The van der Waals surface area contributed by atoms with Crippen LogP contribution in [0.5, 0.6) is 0 Å². The van der Waals surface area contributed by atoms with Crippen molar-refractivity contribution >= 4 is 5.69 Å². The second-order valence-electron chi connectivity index (χ2n) is 4.04. The Morgan fingerprint density at radius 2 is 1.93 bits per heavy atom. The minimum atomic E-state index is 0.549. The summed E-state index contributed by atoms with van der Waals surface area (Å²) in [6.45, 7) is 8.66. The number of para-hydroxylation sites is 1. The Hall–Kier alpha value is -1.02. The first-order chi connectivity index (χ1) is 7.20. The number of nitrogens with zero attached hydrogens (tertiary/aromatic N) is 1. The van der Waals surface area contributed by atoms with Crippen molar-refractivity contribution in [2.45, 2.75) is 33.4 Å². The van der Waals surface area contributed by atoms with Crippen molar-refractivity contribution in [1.29, 1.82) is 0 Å². The van der Waals surface area contributed by atoms with E-state index < -0.39 is 0 Å². The second kappa shape index (κ2) is 5.76. The first-order valence-corrected chi connectivity index (χ1v) is 5.69. The van der Waals surface area contributed by atoms with Gasteiger partial charge in [-0.15, -0.1) is 0 Å². The van der Waals surface area contributed by atoms with Gasteiger partial charge in [0.05, 0.1) is 0 Å². The molecule has 0 heterocycles. The Morgan fingerprint density at radius 1 is 1.27 bits per heavy atom. The van der Waals surface area contributed by atoms with Crippen LogP contribution in [-0.4, -0.2) is 19.6 Å². The van der Waals surface area contributed by atoms with Gasteiger partial charge in [0.1, 0.15) is 0 Å². The van der Waals surface area contributed by atoms with Crippen LogP contribution >= 0.6 is 0 Å². The number of nitrogens with one attached hydrogen (secondary N) is 1. The Balaban J connectivity index is 2.99. The third-order valence-corrected chi connectivity index (χ3v) is 2.63.